The van der Waals surface area contributed by atoms with Crippen molar-refractivity contribution in [2.45, 2.75) is 0 Å². The van der Waals surface area contributed by atoms with Crippen LogP contribution in [0.5, 0.6) is 0 Å². The monoisotopic (exact) mass is 361 g/mol. The van der Waals surface area contributed by atoms with E-state index in [1.165, 1.54) is 27.1 Å². The first-order valence-electron chi connectivity index (χ1n) is 9.39. The molecule has 0 N–H and O–H groups in total. The molecule has 0 spiro atoms. The van der Waals surface area contributed by atoms with Gasteiger partial charge in [-0.3, -0.25) is 4.79 Å². The van der Waals surface area contributed by atoms with Crippen LogP contribution >= 0.6 is 0 Å². The SMILES string of the molecule is Cn1ccc(C=Cc2c3ccccc3cc3ccccc23)c2ccc(=O)cc1-2. The van der Waals surface area contributed by atoms with Crippen LogP contribution in [0.4, 0.5) is 0 Å². The van der Waals surface area contributed by atoms with Crippen LogP contribution in [0.2, 0.25) is 0 Å². The highest BCUT2D eigenvalue weighted by Crippen LogP contribution is 2.31. The molecule has 0 aromatic heterocycles. The van der Waals surface area contributed by atoms with Crippen LogP contribution in [-0.2, 0) is 7.05 Å². The van der Waals surface area contributed by atoms with Gasteiger partial charge in [-0.15, -0.1) is 0 Å². The summed E-state index contributed by atoms with van der Waals surface area (Å²) < 4.78 is 1.99. The molecule has 134 valence electrons. The Morgan fingerprint density at radius 1 is 0.750 bits per heavy atom. The van der Waals surface area contributed by atoms with Crippen molar-refractivity contribution in [3.63, 3.8) is 0 Å². The summed E-state index contributed by atoms with van der Waals surface area (Å²) in [5.74, 6) is 0. The van der Waals surface area contributed by atoms with E-state index in [2.05, 4.69) is 72.8 Å². The van der Waals surface area contributed by atoms with Crippen molar-refractivity contribution in [1.29, 1.82) is 0 Å². The predicted molar refractivity (Wildman–Crippen MR) is 119 cm³/mol. The molecule has 1 aliphatic heterocycles. The molecule has 5 rings (SSSR count). The molecular formula is C26H19NO. The van der Waals surface area contributed by atoms with E-state index in [-0.39, 0.29) is 5.43 Å². The van der Waals surface area contributed by atoms with Gasteiger partial charge in [-0.25, -0.2) is 0 Å². The lowest BCUT2D eigenvalue weighted by Gasteiger charge is -2.14. The maximum atomic E-state index is 11.8. The number of aryl methyl sites for hydroxylation is 1. The number of rotatable bonds is 2. The van der Waals surface area contributed by atoms with E-state index in [0.717, 1.165) is 16.8 Å². The van der Waals surface area contributed by atoms with E-state index in [4.69, 9.17) is 0 Å². The molecule has 2 aliphatic rings. The summed E-state index contributed by atoms with van der Waals surface area (Å²) in [6, 6.07) is 26.6. The first-order valence-corrected chi connectivity index (χ1v) is 9.39. The Hall–Kier alpha value is -3.65. The average molecular weight is 361 g/mol. The van der Waals surface area contributed by atoms with Crippen molar-refractivity contribution in [2.75, 3.05) is 0 Å². The van der Waals surface area contributed by atoms with Gasteiger partial charge in [0, 0.05) is 24.9 Å². The summed E-state index contributed by atoms with van der Waals surface area (Å²) in [4.78, 5) is 11.8. The van der Waals surface area contributed by atoms with Gasteiger partial charge in [0.2, 0.25) is 0 Å². The van der Waals surface area contributed by atoms with Gasteiger partial charge in [-0.1, -0.05) is 60.7 Å². The molecule has 0 saturated heterocycles. The fourth-order valence-electron chi connectivity index (χ4n) is 3.96. The summed E-state index contributed by atoms with van der Waals surface area (Å²) in [6.45, 7) is 0. The zero-order valence-corrected chi connectivity index (χ0v) is 15.6. The van der Waals surface area contributed by atoms with Crippen LogP contribution in [-0.4, -0.2) is 4.57 Å². The third kappa shape index (κ3) is 2.71. The Morgan fingerprint density at radius 3 is 2.14 bits per heavy atom. The molecule has 3 aromatic carbocycles. The lowest BCUT2D eigenvalue weighted by molar-refractivity contribution is 0.910. The Bertz CT molecular complexity index is 1340. The first kappa shape index (κ1) is 16.5. The predicted octanol–water partition coefficient (Wildman–Crippen LogP) is 5.97. The highest BCUT2D eigenvalue weighted by Gasteiger charge is 2.09. The molecule has 2 heteroatoms. The number of fused-ring (bicyclic) bond motifs is 3. The van der Waals surface area contributed by atoms with Gasteiger partial charge in [0.1, 0.15) is 0 Å². The summed E-state index contributed by atoms with van der Waals surface area (Å²) in [7, 11) is 1.97. The quantitative estimate of drug-likeness (QED) is 0.355. The van der Waals surface area contributed by atoms with Gasteiger partial charge >= 0.3 is 0 Å². The normalized spacial score (nSPS) is 11.8. The minimum absolute atomic E-state index is 0.0317. The Morgan fingerprint density at radius 2 is 1.43 bits per heavy atom. The van der Waals surface area contributed by atoms with E-state index >= 15 is 0 Å². The second-order valence-electron chi connectivity index (χ2n) is 7.13. The minimum atomic E-state index is 0.0317. The maximum Gasteiger partial charge on any atom is 0.180 e. The fraction of sp³-hybridized carbons (Fsp3) is 0.0385. The molecule has 2 nitrogen and oxygen atoms in total. The zero-order valence-electron chi connectivity index (χ0n) is 15.6. The smallest absolute Gasteiger partial charge is 0.180 e. The van der Waals surface area contributed by atoms with Gasteiger partial charge in [-0.05, 0) is 56.9 Å². The van der Waals surface area contributed by atoms with Gasteiger partial charge in [-0.2, -0.15) is 0 Å². The molecule has 0 unspecified atom stereocenters. The molecule has 1 heterocycles. The third-order valence-electron chi connectivity index (χ3n) is 5.38. The Labute approximate surface area is 163 Å². The van der Waals surface area contributed by atoms with Crippen LogP contribution in [0.3, 0.4) is 0 Å². The minimum Gasteiger partial charge on any atom is -0.350 e. The van der Waals surface area contributed by atoms with Crippen LogP contribution in [0.25, 0.3) is 45.0 Å². The van der Waals surface area contributed by atoms with Crippen LogP contribution in [0.1, 0.15) is 11.1 Å². The van der Waals surface area contributed by atoms with Gasteiger partial charge in [0.15, 0.2) is 5.43 Å². The lowest BCUT2D eigenvalue weighted by atomic mass is 9.95. The third-order valence-corrected chi connectivity index (χ3v) is 5.38. The van der Waals surface area contributed by atoms with E-state index < -0.39 is 0 Å². The second-order valence-corrected chi connectivity index (χ2v) is 7.13. The number of nitrogens with zero attached hydrogens (tertiary/aromatic N) is 1. The van der Waals surface area contributed by atoms with Crippen molar-refractivity contribution >= 4 is 33.7 Å². The van der Waals surface area contributed by atoms with Gasteiger partial charge in [0.05, 0.1) is 5.69 Å². The molecule has 0 saturated carbocycles. The van der Waals surface area contributed by atoms with Crippen molar-refractivity contribution in [3.05, 3.63) is 106 Å². The standard InChI is InChI=1S/C26H19NO/c1-27-15-14-18(24-13-11-21(28)17-26(24)27)10-12-25-22-8-4-2-6-19(22)16-20-7-3-5-9-23(20)25/h2-17H,1H3. The van der Waals surface area contributed by atoms with Gasteiger partial charge in [0.25, 0.3) is 0 Å². The Kier molecular flexibility index (Phi) is 3.84. The van der Waals surface area contributed by atoms with Crippen LogP contribution in [0, 0.1) is 0 Å². The number of hydrogen-bond acceptors (Lipinski definition) is 1. The topological polar surface area (TPSA) is 22.0 Å². The maximum absolute atomic E-state index is 11.8. The van der Waals surface area contributed by atoms with Gasteiger partial charge < -0.3 is 4.57 Å². The van der Waals surface area contributed by atoms with E-state index in [1.807, 2.05) is 23.9 Å². The zero-order chi connectivity index (χ0) is 19.1. The molecular weight excluding hydrogens is 342 g/mol. The molecule has 28 heavy (non-hydrogen) atoms. The van der Waals surface area contributed by atoms with Crippen molar-refractivity contribution in [3.8, 4) is 11.3 Å². The summed E-state index contributed by atoms with van der Waals surface area (Å²) in [5, 5.41) is 4.96. The van der Waals surface area contributed by atoms with E-state index in [9.17, 15) is 4.79 Å². The Balaban J connectivity index is 1.74. The summed E-state index contributed by atoms with van der Waals surface area (Å²) in [6.07, 6.45) is 6.36. The van der Waals surface area contributed by atoms with Crippen molar-refractivity contribution < 1.29 is 0 Å². The number of benzene rings is 4. The van der Waals surface area contributed by atoms with Crippen LogP contribution in [0.15, 0.2) is 89.9 Å². The molecule has 0 amide bonds. The molecule has 0 fully saturated rings. The molecule has 3 aromatic rings. The first-order chi connectivity index (χ1) is 13.7. The summed E-state index contributed by atoms with van der Waals surface area (Å²) >= 11 is 0. The molecule has 0 radical (unpaired) electrons. The number of hydrogen-bond donors (Lipinski definition) is 0. The van der Waals surface area contributed by atoms with Crippen LogP contribution < -0.4 is 5.43 Å². The highest BCUT2D eigenvalue weighted by atomic mass is 16.1. The van der Waals surface area contributed by atoms with Crippen molar-refractivity contribution in [1.82, 2.24) is 4.57 Å². The van der Waals surface area contributed by atoms with E-state index in [1.54, 1.807) is 12.1 Å². The second kappa shape index (κ2) is 6.50. The largest absolute Gasteiger partial charge is 0.350 e. The fourth-order valence-corrected chi connectivity index (χ4v) is 3.96. The molecule has 0 bridgehead atoms. The number of aromatic nitrogens is 1. The summed E-state index contributed by atoms with van der Waals surface area (Å²) in [5.41, 5.74) is 4.37. The molecule has 1 aliphatic carbocycles. The molecule has 0 atom stereocenters. The average Bonchev–Trinajstić information content (AvgIpc) is 2.72. The number of pyridine rings is 1. The van der Waals surface area contributed by atoms with Crippen molar-refractivity contribution in [2.24, 2.45) is 7.05 Å². The highest BCUT2D eigenvalue weighted by molar-refractivity contribution is 6.08. The lowest BCUT2D eigenvalue weighted by Crippen LogP contribution is -2.05. The van der Waals surface area contributed by atoms with E-state index in [0.29, 0.717) is 0 Å².